The first-order valence-electron chi connectivity index (χ1n) is 7.04. The van der Waals surface area contributed by atoms with Gasteiger partial charge in [-0.2, -0.15) is 5.26 Å². The number of fused-ring (bicyclic) bond motifs is 1. The van der Waals surface area contributed by atoms with E-state index in [1.54, 1.807) is 0 Å². The van der Waals surface area contributed by atoms with E-state index in [9.17, 15) is 5.26 Å². The third kappa shape index (κ3) is 2.40. The zero-order valence-electron chi connectivity index (χ0n) is 11.7. The number of anilines is 1. The number of nitriles is 1. The van der Waals surface area contributed by atoms with Crippen molar-refractivity contribution in [3.8, 4) is 6.07 Å². The van der Waals surface area contributed by atoms with Gasteiger partial charge in [0.15, 0.2) is 0 Å². The van der Waals surface area contributed by atoms with E-state index in [1.165, 1.54) is 16.7 Å². The minimum absolute atomic E-state index is 0.483. The van der Waals surface area contributed by atoms with Gasteiger partial charge >= 0.3 is 0 Å². The highest BCUT2D eigenvalue weighted by Gasteiger charge is 2.34. The first-order valence-corrected chi connectivity index (χ1v) is 7.04. The van der Waals surface area contributed by atoms with Crippen LogP contribution in [0.25, 0.3) is 0 Å². The van der Waals surface area contributed by atoms with Crippen molar-refractivity contribution in [3.63, 3.8) is 0 Å². The van der Waals surface area contributed by atoms with Crippen LogP contribution in [0.15, 0.2) is 48.5 Å². The molecule has 1 aliphatic carbocycles. The quantitative estimate of drug-likeness (QED) is 0.892. The number of aryl methyl sites for hydroxylation is 2. The van der Waals surface area contributed by atoms with Gasteiger partial charge in [-0.05, 0) is 43.0 Å². The maximum absolute atomic E-state index is 9.67. The summed E-state index contributed by atoms with van der Waals surface area (Å²) < 4.78 is 0. The van der Waals surface area contributed by atoms with Gasteiger partial charge in [0.2, 0.25) is 0 Å². The molecule has 3 rings (SSSR count). The van der Waals surface area contributed by atoms with Crippen molar-refractivity contribution in [3.05, 3.63) is 65.2 Å². The average Bonchev–Trinajstić information content (AvgIpc) is 2.49. The molecule has 0 aliphatic heterocycles. The lowest BCUT2D eigenvalue weighted by Gasteiger charge is -2.34. The smallest absolute Gasteiger partial charge is 0.129 e. The van der Waals surface area contributed by atoms with E-state index in [0.717, 1.165) is 24.9 Å². The topological polar surface area (TPSA) is 35.8 Å². The minimum atomic E-state index is -0.483. The predicted octanol–water partition coefficient (Wildman–Crippen LogP) is 3.86. The summed E-state index contributed by atoms with van der Waals surface area (Å²) in [5.74, 6) is 0. The molecule has 0 spiro atoms. The van der Waals surface area contributed by atoms with Crippen molar-refractivity contribution < 1.29 is 0 Å². The number of hydrogen-bond donors (Lipinski definition) is 1. The molecule has 2 heteroatoms. The van der Waals surface area contributed by atoms with E-state index in [4.69, 9.17) is 0 Å². The van der Waals surface area contributed by atoms with E-state index in [1.807, 2.05) is 0 Å². The van der Waals surface area contributed by atoms with Gasteiger partial charge in [0, 0.05) is 12.1 Å². The predicted molar refractivity (Wildman–Crippen MR) is 81.6 cm³/mol. The maximum atomic E-state index is 9.67. The second-order valence-electron chi connectivity index (χ2n) is 5.63. The van der Waals surface area contributed by atoms with Crippen LogP contribution in [0.3, 0.4) is 0 Å². The molecule has 0 heterocycles. The molecule has 100 valence electrons. The molecule has 0 aromatic heterocycles. The fraction of sp³-hybridized carbons (Fsp3) is 0.278. The summed E-state index contributed by atoms with van der Waals surface area (Å²) >= 11 is 0. The number of nitrogens with zero attached hydrogens (tertiary/aromatic N) is 1. The van der Waals surface area contributed by atoms with Crippen LogP contribution in [0.1, 0.15) is 23.1 Å². The normalized spacial score (nSPS) is 20.8. The fourth-order valence-corrected chi connectivity index (χ4v) is 2.88. The van der Waals surface area contributed by atoms with Crippen LogP contribution in [0, 0.1) is 18.3 Å². The third-order valence-corrected chi connectivity index (χ3v) is 4.08. The Balaban J connectivity index is 1.87. The van der Waals surface area contributed by atoms with Gasteiger partial charge < -0.3 is 5.32 Å². The van der Waals surface area contributed by atoms with Crippen molar-refractivity contribution in [2.24, 2.45) is 0 Å². The lowest BCUT2D eigenvalue weighted by Crippen LogP contribution is -2.42. The maximum Gasteiger partial charge on any atom is 0.129 e. The number of rotatable bonds is 2. The largest absolute Gasteiger partial charge is 0.367 e. The second-order valence-corrected chi connectivity index (χ2v) is 5.63. The molecule has 2 nitrogen and oxygen atoms in total. The molecule has 20 heavy (non-hydrogen) atoms. The van der Waals surface area contributed by atoms with E-state index in [2.05, 4.69) is 66.8 Å². The van der Waals surface area contributed by atoms with Gasteiger partial charge in [-0.15, -0.1) is 0 Å². The summed E-state index contributed by atoms with van der Waals surface area (Å²) in [4.78, 5) is 0. The summed E-state index contributed by atoms with van der Waals surface area (Å²) in [7, 11) is 0. The molecular weight excluding hydrogens is 244 g/mol. The standard InChI is InChI=1S/C18H18N2/c1-14-6-8-17(9-7-14)20-18(13-19)11-10-15-4-2-3-5-16(15)12-18/h2-9,20H,10-12H2,1H3. The van der Waals surface area contributed by atoms with Crippen LogP contribution >= 0.6 is 0 Å². The highest BCUT2D eigenvalue weighted by atomic mass is 15.0. The molecule has 1 aliphatic rings. The van der Waals surface area contributed by atoms with Gasteiger partial charge in [-0.25, -0.2) is 0 Å². The van der Waals surface area contributed by atoms with Crippen molar-refractivity contribution in [1.29, 1.82) is 5.26 Å². The summed E-state index contributed by atoms with van der Waals surface area (Å²) in [6, 6.07) is 19.2. The Labute approximate surface area is 120 Å². The number of benzene rings is 2. The molecule has 0 saturated heterocycles. The van der Waals surface area contributed by atoms with Gasteiger partial charge in [0.05, 0.1) is 6.07 Å². The van der Waals surface area contributed by atoms with Crippen LogP contribution < -0.4 is 5.32 Å². The molecule has 0 amide bonds. The van der Waals surface area contributed by atoms with Crippen LogP contribution in [-0.2, 0) is 12.8 Å². The van der Waals surface area contributed by atoms with E-state index >= 15 is 0 Å². The van der Waals surface area contributed by atoms with E-state index in [-0.39, 0.29) is 0 Å². The summed E-state index contributed by atoms with van der Waals surface area (Å²) in [6.45, 7) is 2.07. The lowest BCUT2D eigenvalue weighted by molar-refractivity contribution is 0.507. The molecule has 2 aromatic carbocycles. The Morgan fingerprint density at radius 1 is 1.05 bits per heavy atom. The van der Waals surface area contributed by atoms with Crippen molar-refractivity contribution in [1.82, 2.24) is 0 Å². The van der Waals surface area contributed by atoms with Crippen LogP contribution in [0.2, 0.25) is 0 Å². The summed E-state index contributed by atoms with van der Waals surface area (Å²) in [5, 5.41) is 13.1. The molecule has 1 unspecified atom stereocenters. The Bertz CT molecular complexity index is 652. The Kier molecular flexibility index (Phi) is 3.20. The highest BCUT2D eigenvalue weighted by Crippen LogP contribution is 2.31. The zero-order valence-corrected chi connectivity index (χ0v) is 11.7. The Morgan fingerprint density at radius 3 is 2.45 bits per heavy atom. The van der Waals surface area contributed by atoms with Crippen molar-refractivity contribution in [2.45, 2.75) is 31.7 Å². The molecule has 1 atom stereocenters. The first-order chi connectivity index (χ1) is 9.71. The Morgan fingerprint density at radius 2 is 1.75 bits per heavy atom. The second kappa shape index (κ2) is 5.02. The van der Waals surface area contributed by atoms with Crippen LogP contribution in [0.5, 0.6) is 0 Å². The fourth-order valence-electron chi connectivity index (χ4n) is 2.88. The van der Waals surface area contributed by atoms with Crippen LogP contribution in [-0.4, -0.2) is 5.54 Å². The van der Waals surface area contributed by atoms with Gasteiger partial charge in [0.25, 0.3) is 0 Å². The minimum Gasteiger partial charge on any atom is -0.367 e. The van der Waals surface area contributed by atoms with Gasteiger partial charge in [-0.1, -0.05) is 42.0 Å². The van der Waals surface area contributed by atoms with Crippen LogP contribution in [0.4, 0.5) is 5.69 Å². The molecule has 0 fully saturated rings. The monoisotopic (exact) mass is 262 g/mol. The first kappa shape index (κ1) is 12.7. The van der Waals surface area contributed by atoms with Gasteiger partial charge in [-0.3, -0.25) is 0 Å². The van der Waals surface area contributed by atoms with Gasteiger partial charge in [0.1, 0.15) is 5.54 Å². The molecule has 1 N–H and O–H groups in total. The van der Waals surface area contributed by atoms with Crippen molar-refractivity contribution in [2.75, 3.05) is 5.32 Å². The summed E-state index contributed by atoms with van der Waals surface area (Å²) in [6.07, 6.45) is 2.59. The zero-order chi connectivity index (χ0) is 14.0. The van der Waals surface area contributed by atoms with Crippen molar-refractivity contribution >= 4 is 5.69 Å². The van der Waals surface area contributed by atoms with E-state index in [0.29, 0.717) is 0 Å². The highest BCUT2D eigenvalue weighted by molar-refractivity contribution is 5.51. The molecule has 2 aromatic rings. The lowest BCUT2D eigenvalue weighted by atomic mass is 9.78. The molecular formula is C18H18N2. The van der Waals surface area contributed by atoms with E-state index < -0.39 is 5.54 Å². The number of hydrogen-bond acceptors (Lipinski definition) is 2. The summed E-state index contributed by atoms with van der Waals surface area (Å²) in [5.41, 5.74) is 4.44. The molecule has 0 saturated carbocycles. The SMILES string of the molecule is Cc1ccc(NC2(C#N)CCc3ccccc3C2)cc1. The third-order valence-electron chi connectivity index (χ3n) is 4.08. The average molecular weight is 262 g/mol. The molecule has 0 radical (unpaired) electrons. The molecule has 0 bridgehead atoms. The Hall–Kier alpha value is -2.27. The number of nitrogens with one attached hydrogen (secondary N) is 1.